The number of benzene rings is 1. The summed E-state index contributed by atoms with van der Waals surface area (Å²) in [7, 11) is 3.33. The highest BCUT2D eigenvalue weighted by molar-refractivity contribution is 5.94. The maximum atomic E-state index is 13.3. The van der Waals surface area contributed by atoms with Crippen LogP contribution in [0.25, 0.3) is 33.5 Å². The van der Waals surface area contributed by atoms with Gasteiger partial charge < -0.3 is 10.5 Å². The molecule has 0 spiro atoms. The number of pyridine rings is 1. The smallest absolute Gasteiger partial charge is 0.166 e. The number of fused-ring (bicyclic) bond motifs is 1. The minimum absolute atomic E-state index is 0.253. The zero-order chi connectivity index (χ0) is 18.3. The standard InChI is InChI=1S/C18H15FN6O/c1-25-8-12(15(24-25)10-3-5-11(19)6-4-10)16-17-13(21-9-22-16)7-14(26-2)18(20)23-17/h3-9H,1-2H3,(H2,20,23). The van der Waals surface area contributed by atoms with Gasteiger partial charge in [0, 0.05) is 30.4 Å². The number of hydrogen-bond donors (Lipinski definition) is 1. The average Bonchev–Trinajstić information content (AvgIpc) is 3.03. The average molecular weight is 350 g/mol. The molecule has 0 saturated heterocycles. The van der Waals surface area contributed by atoms with Gasteiger partial charge in [0.25, 0.3) is 0 Å². The Balaban J connectivity index is 1.96. The summed E-state index contributed by atoms with van der Waals surface area (Å²) in [5, 5.41) is 4.50. The van der Waals surface area contributed by atoms with Gasteiger partial charge in [-0.2, -0.15) is 5.10 Å². The van der Waals surface area contributed by atoms with E-state index in [0.29, 0.717) is 28.2 Å². The van der Waals surface area contributed by atoms with Gasteiger partial charge >= 0.3 is 0 Å². The van der Waals surface area contributed by atoms with Crippen molar-refractivity contribution in [3.63, 3.8) is 0 Å². The third kappa shape index (κ3) is 2.61. The molecule has 3 aromatic heterocycles. The number of nitrogens with zero attached hydrogens (tertiary/aromatic N) is 5. The summed E-state index contributed by atoms with van der Waals surface area (Å²) in [5.41, 5.74) is 9.90. The lowest BCUT2D eigenvalue weighted by Crippen LogP contribution is -1.99. The number of methoxy groups -OCH3 is 1. The molecule has 0 saturated carbocycles. The van der Waals surface area contributed by atoms with Crippen molar-refractivity contribution in [2.45, 2.75) is 0 Å². The van der Waals surface area contributed by atoms with Gasteiger partial charge in [-0.1, -0.05) is 0 Å². The Labute approximate surface area is 148 Å². The molecule has 0 amide bonds. The predicted octanol–water partition coefficient (Wildman–Crippen LogP) is 2.82. The molecule has 2 N–H and O–H groups in total. The van der Waals surface area contributed by atoms with E-state index < -0.39 is 0 Å². The molecular weight excluding hydrogens is 335 g/mol. The molecule has 0 atom stereocenters. The van der Waals surface area contributed by atoms with E-state index in [1.807, 2.05) is 13.2 Å². The zero-order valence-corrected chi connectivity index (χ0v) is 14.1. The molecular formula is C18H15FN6O. The molecule has 3 heterocycles. The molecule has 1 aromatic carbocycles. The molecule has 0 aliphatic heterocycles. The molecule has 0 radical (unpaired) electrons. The second-order valence-electron chi connectivity index (χ2n) is 5.74. The molecule has 0 aliphatic carbocycles. The number of nitrogen functional groups attached to an aromatic ring is 1. The minimum atomic E-state index is -0.305. The Bertz CT molecular complexity index is 1110. The Morgan fingerprint density at radius 2 is 1.88 bits per heavy atom. The van der Waals surface area contributed by atoms with Crippen molar-refractivity contribution in [3.05, 3.63) is 48.7 Å². The number of halogens is 1. The Kier molecular flexibility index (Phi) is 3.72. The maximum absolute atomic E-state index is 13.3. The molecule has 4 rings (SSSR count). The van der Waals surface area contributed by atoms with Crippen molar-refractivity contribution >= 4 is 16.9 Å². The van der Waals surface area contributed by atoms with Crippen LogP contribution in [-0.4, -0.2) is 31.8 Å². The van der Waals surface area contributed by atoms with Crippen LogP contribution < -0.4 is 10.5 Å². The van der Waals surface area contributed by atoms with Gasteiger partial charge in [-0.05, 0) is 24.3 Å². The summed E-state index contributed by atoms with van der Waals surface area (Å²) < 4.78 is 20.2. The number of nitrogens with two attached hydrogens (primary N) is 1. The van der Waals surface area contributed by atoms with Crippen molar-refractivity contribution in [2.75, 3.05) is 12.8 Å². The molecule has 0 unspecified atom stereocenters. The van der Waals surface area contributed by atoms with Crippen molar-refractivity contribution < 1.29 is 9.13 Å². The van der Waals surface area contributed by atoms with Gasteiger partial charge in [0.05, 0.1) is 12.6 Å². The summed E-state index contributed by atoms with van der Waals surface area (Å²) in [6.07, 6.45) is 3.29. The molecule has 26 heavy (non-hydrogen) atoms. The largest absolute Gasteiger partial charge is 0.493 e. The van der Waals surface area contributed by atoms with E-state index in [4.69, 9.17) is 10.5 Å². The van der Waals surface area contributed by atoms with Crippen LogP contribution in [0.15, 0.2) is 42.9 Å². The molecule has 8 heteroatoms. The SMILES string of the molecule is COc1cc2ncnc(-c3cn(C)nc3-c3ccc(F)cc3)c2nc1N. The normalized spacial score (nSPS) is 11.0. The zero-order valence-electron chi connectivity index (χ0n) is 14.1. The van der Waals surface area contributed by atoms with E-state index in [0.717, 1.165) is 11.1 Å². The van der Waals surface area contributed by atoms with E-state index in [-0.39, 0.29) is 11.6 Å². The third-order valence-electron chi connectivity index (χ3n) is 4.02. The van der Waals surface area contributed by atoms with Crippen molar-refractivity contribution in [1.82, 2.24) is 24.7 Å². The molecule has 4 aromatic rings. The monoisotopic (exact) mass is 350 g/mol. The highest BCUT2D eigenvalue weighted by atomic mass is 19.1. The predicted molar refractivity (Wildman–Crippen MR) is 95.9 cm³/mol. The number of hydrogen-bond acceptors (Lipinski definition) is 6. The van der Waals surface area contributed by atoms with E-state index in [1.54, 1.807) is 22.9 Å². The van der Waals surface area contributed by atoms with Crippen molar-refractivity contribution in [2.24, 2.45) is 7.05 Å². The third-order valence-corrected chi connectivity index (χ3v) is 4.02. The van der Waals surface area contributed by atoms with Gasteiger partial charge in [-0.3, -0.25) is 4.68 Å². The van der Waals surface area contributed by atoms with Crippen LogP contribution in [0.2, 0.25) is 0 Å². The number of rotatable bonds is 3. The summed E-state index contributed by atoms with van der Waals surface area (Å²) in [6, 6.07) is 7.86. The lowest BCUT2D eigenvalue weighted by molar-refractivity contribution is 0.416. The van der Waals surface area contributed by atoms with Gasteiger partial charge in [0.1, 0.15) is 29.0 Å². The fourth-order valence-corrected chi connectivity index (χ4v) is 2.83. The molecule has 0 aliphatic rings. The van der Waals surface area contributed by atoms with Gasteiger partial charge in [-0.15, -0.1) is 0 Å². The summed E-state index contributed by atoms with van der Waals surface area (Å²) >= 11 is 0. The van der Waals surface area contributed by atoms with Crippen molar-refractivity contribution in [3.8, 4) is 28.3 Å². The highest BCUT2D eigenvalue weighted by Gasteiger charge is 2.18. The second-order valence-corrected chi connectivity index (χ2v) is 5.74. The molecule has 7 nitrogen and oxygen atoms in total. The first-order valence-corrected chi connectivity index (χ1v) is 7.82. The first-order chi connectivity index (χ1) is 12.6. The Morgan fingerprint density at radius 1 is 1.12 bits per heavy atom. The lowest BCUT2D eigenvalue weighted by Gasteiger charge is -2.08. The summed E-state index contributed by atoms with van der Waals surface area (Å²) in [4.78, 5) is 13.1. The number of aryl methyl sites for hydroxylation is 1. The van der Waals surface area contributed by atoms with Crippen LogP contribution in [0.1, 0.15) is 0 Å². The lowest BCUT2D eigenvalue weighted by atomic mass is 10.0. The Hall–Kier alpha value is -3.55. The fraction of sp³-hybridized carbons (Fsp3) is 0.111. The summed E-state index contributed by atoms with van der Waals surface area (Å²) in [6.45, 7) is 0. The highest BCUT2D eigenvalue weighted by Crippen LogP contribution is 2.34. The van der Waals surface area contributed by atoms with Crippen LogP contribution in [-0.2, 0) is 7.05 Å². The Morgan fingerprint density at radius 3 is 2.62 bits per heavy atom. The van der Waals surface area contributed by atoms with E-state index >= 15 is 0 Å². The van der Waals surface area contributed by atoms with Crippen LogP contribution in [0.3, 0.4) is 0 Å². The van der Waals surface area contributed by atoms with E-state index in [2.05, 4.69) is 20.1 Å². The molecule has 130 valence electrons. The first kappa shape index (κ1) is 15.9. The molecule has 0 fully saturated rings. The maximum Gasteiger partial charge on any atom is 0.166 e. The van der Waals surface area contributed by atoms with Gasteiger partial charge in [0.2, 0.25) is 0 Å². The van der Waals surface area contributed by atoms with Crippen LogP contribution in [0, 0.1) is 5.82 Å². The van der Waals surface area contributed by atoms with E-state index in [9.17, 15) is 4.39 Å². The number of anilines is 1. The topological polar surface area (TPSA) is 91.7 Å². The van der Waals surface area contributed by atoms with Crippen LogP contribution in [0.4, 0.5) is 10.2 Å². The second kappa shape index (κ2) is 6.07. The van der Waals surface area contributed by atoms with Crippen LogP contribution in [0.5, 0.6) is 5.75 Å². The number of ether oxygens (including phenoxy) is 1. The molecule has 0 bridgehead atoms. The summed E-state index contributed by atoms with van der Waals surface area (Å²) in [5.74, 6) is 0.399. The number of aromatic nitrogens is 5. The van der Waals surface area contributed by atoms with E-state index in [1.165, 1.54) is 25.6 Å². The fourth-order valence-electron chi connectivity index (χ4n) is 2.83. The van der Waals surface area contributed by atoms with Gasteiger partial charge in [-0.25, -0.2) is 19.3 Å². The minimum Gasteiger partial charge on any atom is -0.493 e. The van der Waals surface area contributed by atoms with Gasteiger partial charge in [0.15, 0.2) is 11.6 Å². The first-order valence-electron chi connectivity index (χ1n) is 7.82. The quantitative estimate of drug-likeness (QED) is 0.611. The van der Waals surface area contributed by atoms with Crippen LogP contribution >= 0.6 is 0 Å². The van der Waals surface area contributed by atoms with Crippen molar-refractivity contribution in [1.29, 1.82) is 0 Å².